The first kappa shape index (κ1) is 20.9. The van der Waals surface area contributed by atoms with Gasteiger partial charge in [-0.15, -0.1) is 0 Å². The molecule has 0 unspecified atom stereocenters. The van der Waals surface area contributed by atoms with Crippen molar-refractivity contribution in [2.45, 2.75) is 59.5 Å². The van der Waals surface area contributed by atoms with Crippen molar-refractivity contribution in [1.82, 2.24) is 10.3 Å². The lowest BCUT2D eigenvalue weighted by molar-refractivity contribution is -0.144. The number of aromatic nitrogens is 1. The lowest BCUT2D eigenvalue weighted by Crippen LogP contribution is -2.46. The highest BCUT2D eigenvalue weighted by Gasteiger charge is 2.29. The molecular weight excluding hydrogens is 318 g/mol. The number of carbonyl (C=O) groups is 2. The Balaban J connectivity index is 2.92. The number of anilines is 1. The van der Waals surface area contributed by atoms with E-state index in [1.807, 2.05) is 19.9 Å². The minimum atomic E-state index is -0.644. The molecule has 1 amide bonds. The minimum Gasteiger partial charge on any atom is -0.467 e. The fraction of sp³-hybridized carbons (Fsp3) is 0.632. The molecule has 1 heterocycles. The fourth-order valence-corrected chi connectivity index (χ4v) is 2.96. The van der Waals surface area contributed by atoms with Gasteiger partial charge in [-0.1, -0.05) is 26.7 Å². The Bertz CT molecular complexity index is 554. The molecule has 140 valence electrons. The fourth-order valence-electron chi connectivity index (χ4n) is 2.96. The second kappa shape index (κ2) is 10.0. The monoisotopic (exact) mass is 349 g/mol. The second-order valence-corrected chi connectivity index (χ2v) is 6.34. The zero-order valence-electron chi connectivity index (χ0n) is 16.2. The summed E-state index contributed by atoms with van der Waals surface area (Å²) in [6.07, 6.45) is 3.12. The van der Waals surface area contributed by atoms with Crippen LogP contribution in [-0.4, -0.2) is 42.6 Å². The molecular formula is C19H31N3O3. The maximum absolute atomic E-state index is 12.5. The Hall–Kier alpha value is -2.11. The molecule has 0 aliphatic carbocycles. The molecule has 0 saturated carbocycles. The standard InChI is InChI=1S/C19H31N3O3/c1-7-14(8-2)17(19(24)25-6)21-18(23)15-10-11-16(20-12-15)22(9-3)13(4)5/h10-14,17H,7-9H2,1-6H3,(H,21,23)/t17-/m0/s1. The van der Waals surface area contributed by atoms with E-state index in [2.05, 4.69) is 36.0 Å². The molecule has 0 saturated heterocycles. The van der Waals surface area contributed by atoms with Gasteiger partial charge in [-0.2, -0.15) is 0 Å². The molecule has 0 bridgehead atoms. The van der Waals surface area contributed by atoms with E-state index in [0.717, 1.165) is 25.2 Å². The van der Waals surface area contributed by atoms with Crippen molar-refractivity contribution in [2.75, 3.05) is 18.6 Å². The van der Waals surface area contributed by atoms with Crippen molar-refractivity contribution in [3.05, 3.63) is 23.9 Å². The summed E-state index contributed by atoms with van der Waals surface area (Å²) in [5.74, 6) is 0.149. The number of ether oxygens (including phenoxy) is 1. The van der Waals surface area contributed by atoms with Crippen LogP contribution in [0.4, 0.5) is 5.82 Å². The van der Waals surface area contributed by atoms with Gasteiger partial charge in [0.15, 0.2) is 0 Å². The summed E-state index contributed by atoms with van der Waals surface area (Å²) in [6.45, 7) is 11.1. The summed E-state index contributed by atoms with van der Waals surface area (Å²) in [5, 5.41) is 2.80. The van der Waals surface area contributed by atoms with Crippen LogP contribution in [0.5, 0.6) is 0 Å². The van der Waals surface area contributed by atoms with Gasteiger partial charge in [0.1, 0.15) is 11.9 Å². The van der Waals surface area contributed by atoms with E-state index in [1.165, 1.54) is 7.11 Å². The third-order valence-corrected chi connectivity index (χ3v) is 4.53. The SMILES string of the molecule is CCC(CC)[C@H](NC(=O)c1ccc(N(CC)C(C)C)nc1)C(=O)OC. The van der Waals surface area contributed by atoms with Gasteiger partial charge in [0.05, 0.1) is 12.7 Å². The molecule has 25 heavy (non-hydrogen) atoms. The van der Waals surface area contributed by atoms with Crippen LogP contribution in [0.3, 0.4) is 0 Å². The van der Waals surface area contributed by atoms with Crippen LogP contribution in [0.15, 0.2) is 18.3 Å². The minimum absolute atomic E-state index is 0.0418. The normalized spacial score (nSPS) is 12.2. The van der Waals surface area contributed by atoms with Crippen LogP contribution in [0.2, 0.25) is 0 Å². The van der Waals surface area contributed by atoms with Crippen LogP contribution in [0, 0.1) is 5.92 Å². The largest absolute Gasteiger partial charge is 0.467 e. The van der Waals surface area contributed by atoms with Crippen LogP contribution in [-0.2, 0) is 9.53 Å². The van der Waals surface area contributed by atoms with Gasteiger partial charge in [-0.3, -0.25) is 4.79 Å². The van der Waals surface area contributed by atoms with Gasteiger partial charge in [-0.05, 0) is 38.8 Å². The van der Waals surface area contributed by atoms with E-state index in [4.69, 9.17) is 4.74 Å². The molecule has 1 atom stereocenters. The zero-order chi connectivity index (χ0) is 19.0. The maximum atomic E-state index is 12.5. The van der Waals surface area contributed by atoms with Gasteiger partial charge >= 0.3 is 5.97 Å². The zero-order valence-corrected chi connectivity index (χ0v) is 16.2. The summed E-state index contributed by atoms with van der Waals surface area (Å²) in [6, 6.07) is 3.26. The molecule has 1 N–H and O–H groups in total. The smallest absolute Gasteiger partial charge is 0.328 e. The molecule has 1 aromatic heterocycles. The van der Waals surface area contributed by atoms with Crippen LogP contribution in [0.1, 0.15) is 57.8 Å². The van der Waals surface area contributed by atoms with Crippen molar-refractivity contribution in [2.24, 2.45) is 5.92 Å². The Kier molecular flexibility index (Phi) is 8.38. The first-order chi connectivity index (χ1) is 11.9. The van der Waals surface area contributed by atoms with E-state index in [0.29, 0.717) is 11.6 Å². The number of rotatable bonds is 9. The lowest BCUT2D eigenvalue weighted by atomic mass is 9.94. The van der Waals surface area contributed by atoms with Gasteiger partial charge in [0, 0.05) is 18.8 Å². The van der Waals surface area contributed by atoms with E-state index >= 15 is 0 Å². The molecule has 0 fully saturated rings. The third-order valence-electron chi connectivity index (χ3n) is 4.53. The molecule has 0 spiro atoms. The first-order valence-corrected chi connectivity index (χ1v) is 9.00. The van der Waals surface area contributed by atoms with Gasteiger partial charge < -0.3 is 15.0 Å². The predicted octanol–water partition coefficient (Wildman–Crippen LogP) is 3.02. The van der Waals surface area contributed by atoms with Crippen molar-refractivity contribution in [3.8, 4) is 0 Å². The third kappa shape index (κ3) is 5.44. The van der Waals surface area contributed by atoms with Crippen molar-refractivity contribution < 1.29 is 14.3 Å². The number of nitrogens with one attached hydrogen (secondary N) is 1. The highest BCUT2D eigenvalue weighted by Crippen LogP contribution is 2.17. The average Bonchev–Trinajstić information content (AvgIpc) is 2.61. The van der Waals surface area contributed by atoms with E-state index in [1.54, 1.807) is 12.3 Å². The summed E-state index contributed by atoms with van der Waals surface area (Å²) in [5.41, 5.74) is 0.434. The molecule has 0 aliphatic rings. The summed E-state index contributed by atoms with van der Waals surface area (Å²) >= 11 is 0. The Morgan fingerprint density at radius 3 is 2.24 bits per heavy atom. The Morgan fingerprint density at radius 1 is 1.20 bits per heavy atom. The number of hydrogen-bond donors (Lipinski definition) is 1. The highest BCUT2D eigenvalue weighted by molar-refractivity contribution is 5.96. The number of methoxy groups -OCH3 is 1. The average molecular weight is 349 g/mol. The van der Waals surface area contributed by atoms with Crippen molar-refractivity contribution >= 4 is 17.7 Å². The van der Waals surface area contributed by atoms with E-state index in [-0.39, 0.29) is 11.8 Å². The van der Waals surface area contributed by atoms with Gasteiger partial charge in [0.2, 0.25) is 0 Å². The van der Waals surface area contributed by atoms with Crippen LogP contribution < -0.4 is 10.2 Å². The number of nitrogens with zero attached hydrogens (tertiary/aromatic N) is 2. The lowest BCUT2D eigenvalue weighted by Gasteiger charge is -2.26. The maximum Gasteiger partial charge on any atom is 0.328 e. The summed E-state index contributed by atoms with van der Waals surface area (Å²) in [7, 11) is 1.34. The highest BCUT2D eigenvalue weighted by atomic mass is 16.5. The Labute approximate surface area is 151 Å². The molecule has 6 heteroatoms. The summed E-state index contributed by atoms with van der Waals surface area (Å²) < 4.78 is 4.85. The van der Waals surface area contributed by atoms with Gasteiger partial charge in [0.25, 0.3) is 5.91 Å². The van der Waals surface area contributed by atoms with E-state index in [9.17, 15) is 9.59 Å². The molecule has 1 rings (SSSR count). The van der Waals surface area contributed by atoms with Crippen molar-refractivity contribution in [1.29, 1.82) is 0 Å². The molecule has 0 aromatic carbocycles. The number of esters is 1. The number of pyridine rings is 1. The van der Waals surface area contributed by atoms with Crippen molar-refractivity contribution in [3.63, 3.8) is 0 Å². The quantitative estimate of drug-likeness (QED) is 0.694. The molecule has 6 nitrogen and oxygen atoms in total. The van der Waals surface area contributed by atoms with Crippen LogP contribution >= 0.6 is 0 Å². The number of carbonyl (C=O) groups excluding carboxylic acids is 2. The number of amides is 1. The molecule has 1 aromatic rings. The first-order valence-electron chi connectivity index (χ1n) is 9.00. The summed E-state index contributed by atoms with van der Waals surface area (Å²) in [4.78, 5) is 31.1. The second-order valence-electron chi connectivity index (χ2n) is 6.34. The predicted molar refractivity (Wildman–Crippen MR) is 99.7 cm³/mol. The molecule has 0 radical (unpaired) electrons. The number of hydrogen-bond acceptors (Lipinski definition) is 5. The molecule has 0 aliphatic heterocycles. The Morgan fingerprint density at radius 2 is 1.84 bits per heavy atom. The topological polar surface area (TPSA) is 71.5 Å². The van der Waals surface area contributed by atoms with Crippen LogP contribution in [0.25, 0.3) is 0 Å². The van der Waals surface area contributed by atoms with Gasteiger partial charge in [-0.25, -0.2) is 9.78 Å². The van der Waals surface area contributed by atoms with E-state index < -0.39 is 12.0 Å².